The molecule has 1 aliphatic rings. The molecule has 1 saturated heterocycles. The Labute approximate surface area is 141 Å². The normalized spacial score (nSPS) is 16.1. The van der Waals surface area contributed by atoms with Crippen LogP contribution in [0.1, 0.15) is 5.56 Å². The number of amides is 1. The summed E-state index contributed by atoms with van der Waals surface area (Å²) in [4.78, 5) is 13.6. The number of hydrogen-bond acceptors (Lipinski definition) is 3. The fourth-order valence-electron chi connectivity index (χ4n) is 2.17. The molecule has 0 aromatic heterocycles. The van der Waals surface area contributed by atoms with Crippen molar-refractivity contribution in [2.24, 2.45) is 0 Å². The molecular weight excluding hydrogens is 339 g/mol. The quantitative estimate of drug-likeness (QED) is 0.645. The number of para-hydroxylation sites is 1. The maximum Gasteiger partial charge on any atom is 0.281 e. The van der Waals surface area contributed by atoms with E-state index >= 15 is 0 Å². The van der Waals surface area contributed by atoms with Crippen molar-refractivity contribution < 1.29 is 14.3 Å². The Hall–Kier alpha value is -2.44. The highest BCUT2D eigenvalue weighted by atomic mass is 35.5. The number of halogens is 2. The molecule has 3 rings (SSSR count). The molecule has 0 saturated carbocycles. The highest BCUT2D eigenvalue weighted by Gasteiger charge is 2.33. The number of nitrogens with one attached hydrogen (secondary N) is 1. The molecule has 1 heterocycles. The number of hydrogen-bond donors (Lipinski definition) is 2. The summed E-state index contributed by atoms with van der Waals surface area (Å²) in [6.07, 6.45) is 1.53. The molecule has 116 valence electrons. The van der Waals surface area contributed by atoms with E-state index in [4.69, 9.17) is 23.8 Å². The van der Waals surface area contributed by atoms with Gasteiger partial charge in [-0.2, -0.15) is 0 Å². The van der Waals surface area contributed by atoms with Crippen molar-refractivity contribution in [2.45, 2.75) is 0 Å². The number of rotatable bonds is 2. The Morgan fingerprint density at radius 2 is 2.00 bits per heavy atom. The van der Waals surface area contributed by atoms with Gasteiger partial charge in [-0.1, -0.05) is 29.8 Å². The first kappa shape index (κ1) is 15.5. The van der Waals surface area contributed by atoms with Gasteiger partial charge in [0, 0.05) is 0 Å². The highest BCUT2D eigenvalue weighted by molar-refractivity contribution is 7.80. The van der Waals surface area contributed by atoms with Gasteiger partial charge in [-0.25, -0.2) is 9.29 Å². The number of carbonyl (C=O) groups excluding carboxylic acids is 1. The van der Waals surface area contributed by atoms with Crippen molar-refractivity contribution in [2.75, 3.05) is 4.90 Å². The van der Waals surface area contributed by atoms with Crippen molar-refractivity contribution >= 4 is 46.6 Å². The van der Waals surface area contributed by atoms with Crippen molar-refractivity contribution in [3.63, 3.8) is 0 Å². The van der Waals surface area contributed by atoms with Crippen LogP contribution in [0.15, 0.2) is 48.2 Å². The summed E-state index contributed by atoms with van der Waals surface area (Å²) in [5.41, 5.74) is 0.879. The van der Waals surface area contributed by atoms with Crippen LogP contribution in [0.2, 0.25) is 5.02 Å². The number of benzene rings is 2. The van der Waals surface area contributed by atoms with Crippen LogP contribution in [0.5, 0.6) is 5.75 Å². The topological polar surface area (TPSA) is 52.6 Å². The van der Waals surface area contributed by atoms with Crippen LogP contribution < -0.4 is 10.2 Å². The van der Waals surface area contributed by atoms with Crippen molar-refractivity contribution in [1.29, 1.82) is 0 Å². The third-order valence-corrected chi connectivity index (χ3v) is 3.84. The lowest BCUT2D eigenvalue weighted by atomic mass is 10.2. The fraction of sp³-hybridized carbons (Fsp3) is 0. The van der Waals surface area contributed by atoms with Crippen LogP contribution in [-0.2, 0) is 4.79 Å². The SMILES string of the molecule is O=C1C(=Cc2ccc(O)c(Cl)c2)NC(=S)N1c1ccccc1F. The summed E-state index contributed by atoms with van der Waals surface area (Å²) < 4.78 is 13.9. The Bertz CT molecular complexity index is 854. The van der Waals surface area contributed by atoms with E-state index in [-0.39, 0.29) is 27.3 Å². The van der Waals surface area contributed by atoms with Crippen molar-refractivity contribution in [3.05, 3.63) is 64.6 Å². The molecular formula is C16H10ClFN2O2S. The zero-order valence-electron chi connectivity index (χ0n) is 11.6. The second-order valence-electron chi connectivity index (χ2n) is 4.79. The molecule has 0 radical (unpaired) electrons. The molecule has 7 heteroatoms. The molecule has 0 bridgehead atoms. The number of anilines is 1. The molecule has 4 nitrogen and oxygen atoms in total. The third-order valence-electron chi connectivity index (χ3n) is 3.25. The summed E-state index contributed by atoms with van der Waals surface area (Å²) in [5.74, 6) is -1.06. The van der Waals surface area contributed by atoms with E-state index in [0.29, 0.717) is 5.56 Å². The van der Waals surface area contributed by atoms with Crippen LogP contribution in [0.3, 0.4) is 0 Å². The van der Waals surface area contributed by atoms with Crippen LogP contribution in [0.4, 0.5) is 10.1 Å². The molecule has 0 spiro atoms. The fourth-order valence-corrected chi connectivity index (χ4v) is 2.65. The summed E-state index contributed by atoms with van der Waals surface area (Å²) in [6, 6.07) is 10.4. The number of phenols is 1. The van der Waals surface area contributed by atoms with Gasteiger partial charge in [-0.15, -0.1) is 0 Å². The summed E-state index contributed by atoms with van der Waals surface area (Å²) in [6.45, 7) is 0. The zero-order valence-corrected chi connectivity index (χ0v) is 13.2. The maximum atomic E-state index is 13.9. The van der Waals surface area contributed by atoms with Gasteiger partial charge in [-0.3, -0.25) is 4.79 Å². The molecule has 1 aliphatic heterocycles. The Morgan fingerprint density at radius 1 is 1.26 bits per heavy atom. The average Bonchev–Trinajstić information content (AvgIpc) is 2.78. The Morgan fingerprint density at radius 3 is 2.70 bits per heavy atom. The van der Waals surface area contributed by atoms with Gasteiger partial charge in [-0.05, 0) is 48.1 Å². The first-order valence-corrected chi connectivity index (χ1v) is 7.36. The Balaban J connectivity index is 1.96. The minimum absolute atomic E-state index is 0.0528. The van der Waals surface area contributed by atoms with Gasteiger partial charge in [0.2, 0.25) is 0 Å². The van der Waals surface area contributed by atoms with Gasteiger partial charge in [0.15, 0.2) is 5.11 Å². The average molecular weight is 349 g/mol. The molecule has 0 unspecified atom stereocenters. The molecule has 2 aromatic carbocycles. The summed E-state index contributed by atoms with van der Waals surface area (Å²) in [7, 11) is 0. The van der Waals surface area contributed by atoms with E-state index in [1.807, 2.05) is 0 Å². The number of phenolic OH excluding ortho intramolecular Hbond substituents is 1. The second-order valence-corrected chi connectivity index (χ2v) is 5.58. The molecule has 23 heavy (non-hydrogen) atoms. The number of thiocarbonyl (C=S) groups is 1. The van der Waals surface area contributed by atoms with Crippen LogP contribution in [0, 0.1) is 5.82 Å². The second kappa shape index (κ2) is 5.98. The van der Waals surface area contributed by atoms with Gasteiger partial charge in [0.05, 0.1) is 10.7 Å². The van der Waals surface area contributed by atoms with Crippen LogP contribution in [0.25, 0.3) is 6.08 Å². The van der Waals surface area contributed by atoms with Crippen molar-refractivity contribution in [3.8, 4) is 5.75 Å². The predicted octanol–water partition coefficient (Wildman–Crippen LogP) is 3.45. The van der Waals surface area contributed by atoms with E-state index in [1.54, 1.807) is 12.1 Å². The predicted molar refractivity (Wildman–Crippen MR) is 90.7 cm³/mol. The Kier molecular flexibility index (Phi) is 4.02. The molecule has 0 aliphatic carbocycles. The van der Waals surface area contributed by atoms with E-state index in [2.05, 4.69) is 5.32 Å². The lowest BCUT2D eigenvalue weighted by Crippen LogP contribution is -2.31. The van der Waals surface area contributed by atoms with Crippen LogP contribution in [-0.4, -0.2) is 16.1 Å². The largest absolute Gasteiger partial charge is 0.506 e. The number of nitrogens with zero attached hydrogens (tertiary/aromatic N) is 1. The minimum atomic E-state index is -0.543. The van der Waals surface area contributed by atoms with Gasteiger partial charge >= 0.3 is 0 Å². The van der Waals surface area contributed by atoms with E-state index < -0.39 is 11.7 Å². The van der Waals surface area contributed by atoms with Crippen molar-refractivity contribution in [1.82, 2.24) is 5.32 Å². The standard InChI is InChI=1S/C16H10ClFN2O2S/c17-10-7-9(5-6-14(10)21)8-12-15(22)20(16(23)19-12)13-4-2-1-3-11(13)18/h1-8,21H,(H,19,23). The first-order valence-electron chi connectivity index (χ1n) is 6.57. The molecule has 2 aromatic rings. The van der Waals surface area contributed by atoms with E-state index in [0.717, 1.165) is 4.90 Å². The third kappa shape index (κ3) is 2.91. The lowest BCUT2D eigenvalue weighted by molar-refractivity contribution is -0.113. The first-order chi connectivity index (χ1) is 11.0. The molecule has 0 atom stereocenters. The van der Waals surface area contributed by atoms with Gasteiger partial charge < -0.3 is 10.4 Å². The van der Waals surface area contributed by atoms with Gasteiger partial charge in [0.1, 0.15) is 17.3 Å². The van der Waals surface area contributed by atoms with Crippen LogP contribution >= 0.6 is 23.8 Å². The summed E-state index contributed by atoms with van der Waals surface area (Å²) >= 11 is 11.0. The smallest absolute Gasteiger partial charge is 0.281 e. The molecule has 1 amide bonds. The maximum absolute atomic E-state index is 13.9. The zero-order chi connectivity index (χ0) is 16.6. The number of aromatic hydroxyl groups is 1. The lowest BCUT2D eigenvalue weighted by Gasteiger charge is -2.14. The number of carbonyl (C=O) groups is 1. The molecule has 1 fully saturated rings. The monoisotopic (exact) mass is 348 g/mol. The van der Waals surface area contributed by atoms with E-state index in [1.165, 1.54) is 36.4 Å². The molecule has 2 N–H and O–H groups in total. The van der Waals surface area contributed by atoms with E-state index in [9.17, 15) is 14.3 Å². The summed E-state index contributed by atoms with van der Waals surface area (Å²) in [5, 5.41) is 12.4. The van der Waals surface area contributed by atoms with Gasteiger partial charge in [0.25, 0.3) is 5.91 Å². The minimum Gasteiger partial charge on any atom is -0.506 e. The highest BCUT2D eigenvalue weighted by Crippen LogP contribution is 2.27.